The minimum Gasteiger partial charge on any atom is -0.493 e. The molecule has 5 nitrogen and oxygen atoms in total. The molecule has 0 aliphatic heterocycles. The summed E-state index contributed by atoms with van der Waals surface area (Å²) in [5.74, 6) is 2.27. The Morgan fingerprint density at radius 1 is 1.05 bits per heavy atom. The average Bonchev–Trinajstić information content (AvgIpc) is 3.30. The van der Waals surface area contributed by atoms with Crippen molar-refractivity contribution in [3.63, 3.8) is 0 Å². The molecule has 0 atom stereocenters. The van der Waals surface area contributed by atoms with Crippen LogP contribution in [0.5, 0.6) is 11.5 Å². The summed E-state index contributed by atoms with van der Waals surface area (Å²) in [6.45, 7) is 0. The van der Waals surface area contributed by atoms with Crippen LogP contribution in [-0.2, 0) is 0 Å². The Balaban J connectivity index is 1.91. The Morgan fingerprint density at radius 3 is 2.55 bits per heavy atom. The van der Waals surface area contributed by atoms with Crippen LogP contribution in [0.3, 0.4) is 0 Å². The zero-order chi connectivity index (χ0) is 13.9. The zero-order valence-electron chi connectivity index (χ0n) is 11.6. The number of ether oxygens (including phenoxy) is 2. The van der Waals surface area contributed by atoms with E-state index < -0.39 is 0 Å². The summed E-state index contributed by atoms with van der Waals surface area (Å²) < 4.78 is 10.6. The molecule has 1 N–H and O–H groups in total. The maximum atomic E-state index is 5.32. The van der Waals surface area contributed by atoms with Crippen molar-refractivity contribution in [3.05, 3.63) is 30.6 Å². The maximum Gasteiger partial charge on any atom is 0.161 e. The van der Waals surface area contributed by atoms with Crippen molar-refractivity contribution in [2.45, 2.75) is 18.9 Å². The second-order valence-corrected chi connectivity index (χ2v) is 4.78. The molecule has 0 bridgehead atoms. The van der Waals surface area contributed by atoms with E-state index in [1.165, 1.54) is 12.8 Å². The van der Waals surface area contributed by atoms with Crippen LogP contribution in [-0.4, -0.2) is 30.2 Å². The fraction of sp³-hybridized carbons (Fsp3) is 0.333. The van der Waals surface area contributed by atoms with Gasteiger partial charge in [-0.05, 0) is 31.0 Å². The summed E-state index contributed by atoms with van der Waals surface area (Å²) in [5.41, 5.74) is 1.84. The largest absolute Gasteiger partial charge is 0.493 e. The molecule has 1 aliphatic rings. The van der Waals surface area contributed by atoms with E-state index in [0.29, 0.717) is 17.5 Å². The molecule has 0 amide bonds. The lowest BCUT2D eigenvalue weighted by molar-refractivity contribution is 0.355. The normalized spacial score (nSPS) is 13.9. The third-order valence-electron chi connectivity index (χ3n) is 3.28. The van der Waals surface area contributed by atoms with Crippen LogP contribution < -0.4 is 14.8 Å². The molecule has 1 heterocycles. The molecule has 1 aromatic heterocycles. The first kappa shape index (κ1) is 12.7. The number of hydrogen-bond acceptors (Lipinski definition) is 5. The molecular weight excluding hydrogens is 254 g/mol. The number of anilines is 1. The van der Waals surface area contributed by atoms with E-state index in [1.54, 1.807) is 20.5 Å². The number of nitrogens with zero attached hydrogens (tertiary/aromatic N) is 2. The highest BCUT2D eigenvalue weighted by atomic mass is 16.5. The van der Waals surface area contributed by atoms with E-state index >= 15 is 0 Å². The molecule has 0 saturated heterocycles. The van der Waals surface area contributed by atoms with Crippen molar-refractivity contribution in [2.24, 2.45) is 0 Å². The number of methoxy groups -OCH3 is 2. The van der Waals surface area contributed by atoms with Gasteiger partial charge in [-0.3, -0.25) is 0 Å². The Morgan fingerprint density at radius 2 is 1.85 bits per heavy atom. The van der Waals surface area contributed by atoms with Crippen LogP contribution in [0.1, 0.15) is 12.8 Å². The first-order valence-corrected chi connectivity index (χ1v) is 6.61. The van der Waals surface area contributed by atoms with Crippen molar-refractivity contribution in [1.82, 2.24) is 9.97 Å². The maximum absolute atomic E-state index is 5.32. The Hall–Kier alpha value is -2.30. The number of nitrogens with one attached hydrogen (secondary N) is 1. The molecule has 1 saturated carbocycles. The number of aromatic nitrogens is 2. The molecule has 2 aromatic rings. The second-order valence-electron chi connectivity index (χ2n) is 4.78. The predicted octanol–water partition coefficient (Wildman–Crippen LogP) is 2.74. The van der Waals surface area contributed by atoms with E-state index in [2.05, 4.69) is 15.3 Å². The Labute approximate surface area is 118 Å². The van der Waals surface area contributed by atoms with Gasteiger partial charge in [0.1, 0.15) is 12.1 Å². The van der Waals surface area contributed by atoms with Crippen LogP contribution in [0.15, 0.2) is 30.6 Å². The third-order valence-corrected chi connectivity index (χ3v) is 3.28. The van der Waals surface area contributed by atoms with Gasteiger partial charge in [-0.25, -0.2) is 9.97 Å². The predicted molar refractivity (Wildman–Crippen MR) is 77.2 cm³/mol. The number of hydrogen-bond donors (Lipinski definition) is 1. The summed E-state index contributed by atoms with van der Waals surface area (Å²) in [6.07, 6.45) is 4.02. The van der Waals surface area contributed by atoms with Crippen LogP contribution in [0.2, 0.25) is 0 Å². The highest BCUT2D eigenvalue weighted by Crippen LogP contribution is 2.32. The van der Waals surface area contributed by atoms with Gasteiger partial charge < -0.3 is 14.8 Å². The summed E-state index contributed by atoms with van der Waals surface area (Å²) in [4.78, 5) is 8.56. The van der Waals surface area contributed by atoms with Crippen molar-refractivity contribution < 1.29 is 9.47 Å². The van der Waals surface area contributed by atoms with Crippen molar-refractivity contribution >= 4 is 5.82 Å². The lowest BCUT2D eigenvalue weighted by atomic mass is 10.1. The van der Waals surface area contributed by atoms with Gasteiger partial charge in [0.25, 0.3) is 0 Å². The molecular formula is C15H17N3O2. The fourth-order valence-electron chi connectivity index (χ4n) is 2.03. The first-order valence-electron chi connectivity index (χ1n) is 6.61. The smallest absolute Gasteiger partial charge is 0.161 e. The van der Waals surface area contributed by atoms with Crippen LogP contribution in [0.4, 0.5) is 5.82 Å². The van der Waals surface area contributed by atoms with E-state index in [9.17, 15) is 0 Å². The molecule has 20 heavy (non-hydrogen) atoms. The molecule has 1 fully saturated rings. The third kappa shape index (κ3) is 2.66. The zero-order valence-corrected chi connectivity index (χ0v) is 11.6. The van der Waals surface area contributed by atoms with Gasteiger partial charge in [-0.15, -0.1) is 0 Å². The standard InChI is InChI=1S/C15H17N3O2/c1-19-13-6-3-10(7-14(13)20-2)12-8-15(17-9-16-12)18-11-4-5-11/h3,6-9,11H,4-5H2,1-2H3,(H,16,17,18). The van der Waals surface area contributed by atoms with Gasteiger partial charge >= 0.3 is 0 Å². The Bertz CT molecular complexity index is 612. The van der Waals surface area contributed by atoms with Gasteiger partial charge in [0, 0.05) is 17.7 Å². The van der Waals surface area contributed by atoms with Gasteiger partial charge in [0.05, 0.1) is 19.9 Å². The lowest BCUT2D eigenvalue weighted by Crippen LogP contribution is -2.03. The van der Waals surface area contributed by atoms with Gasteiger partial charge in [-0.1, -0.05) is 0 Å². The van der Waals surface area contributed by atoms with Gasteiger partial charge in [0.2, 0.25) is 0 Å². The number of rotatable bonds is 5. The summed E-state index contributed by atoms with van der Waals surface area (Å²) in [5, 5.41) is 3.37. The summed E-state index contributed by atoms with van der Waals surface area (Å²) in [6, 6.07) is 8.29. The van der Waals surface area contributed by atoms with E-state index in [0.717, 1.165) is 17.1 Å². The van der Waals surface area contributed by atoms with Crippen LogP contribution in [0, 0.1) is 0 Å². The van der Waals surface area contributed by atoms with E-state index in [1.807, 2.05) is 24.3 Å². The lowest BCUT2D eigenvalue weighted by Gasteiger charge is -2.10. The van der Waals surface area contributed by atoms with Crippen molar-refractivity contribution in [2.75, 3.05) is 19.5 Å². The second kappa shape index (κ2) is 5.36. The van der Waals surface area contributed by atoms with Crippen LogP contribution >= 0.6 is 0 Å². The monoisotopic (exact) mass is 271 g/mol. The molecule has 0 radical (unpaired) electrons. The highest BCUT2D eigenvalue weighted by Gasteiger charge is 2.21. The SMILES string of the molecule is COc1ccc(-c2cc(NC3CC3)ncn2)cc1OC. The molecule has 0 spiro atoms. The molecule has 1 aromatic carbocycles. The van der Waals surface area contributed by atoms with Crippen molar-refractivity contribution in [3.8, 4) is 22.8 Å². The Kier molecular flexibility index (Phi) is 3.41. The highest BCUT2D eigenvalue weighted by molar-refractivity contribution is 5.66. The van der Waals surface area contributed by atoms with Crippen molar-refractivity contribution in [1.29, 1.82) is 0 Å². The minimum absolute atomic E-state index is 0.572. The van der Waals surface area contributed by atoms with E-state index in [-0.39, 0.29) is 0 Å². The van der Waals surface area contributed by atoms with E-state index in [4.69, 9.17) is 9.47 Å². The minimum atomic E-state index is 0.572. The molecule has 5 heteroatoms. The van der Waals surface area contributed by atoms with Gasteiger partial charge in [-0.2, -0.15) is 0 Å². The quantitative estimate of drug-likeness (QED) is 0.906. The van der Waals surface area contributed by atoms with Gasteiger partial charge in [0.15, 0.2) is 11.5 Å². The average molecular weight is 271 g/mol. The molecule has 3 rings (SSSR count). The first-order chi connectivity index (χ1) is 9.80. The number of benzene rings is 1. The van der Waals surface area contributed by atoms with Crippen LogP contribution in [0.25, 0.3) is 11.3 Å². The fourth-order valence-corrected chi connectivity index (χ4v) is 2.03. The summed E-state index contributed by atoms with van der Waals surface area (Å²) >= 11 is 0. The summed E-state index contributed by atoms with van der Waals surface area (Å²) in [7, 11) is 3.25. The molecule has 1 aliphatic carbocycles. The topological polar surface area (TPSA) is 56.3 Å². The molecule has 0 unspecified atom stereocenters. The molecule has 104 valence electrons.